The van der Waals surface area contributed by atoms with Crippen molar-refractivity contribution in [2.45, 2.75) is 26.4 Å². The molecule has 0 spiro atoms. The maximum atomic E-state index is 4.86. The van der Waals surface area contributed by atoms with Gasteiger partial charge in [-0.05, 0) is 19.4 Å². The van der Waals surface area contributed by atoms with E-state index in [0.29, 0.717) is 6.04 Å². The minimum absolute atomic E-state index is 0.307. The van der Waals surface area contributed by atoms with Gasteiger partial charge in [0.15, 0.2) is 17.0 Å². The molecule has 7 heteroatoms. The molecule has 136 valence electrons. The SMILES string of the molecule is CC(C)n1cnc2c(NCc3ccccc3)nc(N3CCSCC3)nc21. The fraction of sp³-hybridized carbons (Fsp3) is 0.421. The Kier molecular flexibility index (Phi) is 4.97. The van der Waals surface area contributed by atoms with Crippen LogP contribution in [-0.2, 0) is 6.54 Å². The van der Waals surface area contributed by atoms with E-state index in [-0.39, 0.29) is 0 Å². The van der Waals surface area contributed by atoms with Crippen molar-refractivity contribution in [2.75, 3.05) is 34.8 Å². The summed E-state index contributed by atoms with van der Waals surface area (Å²) in [5.74, 6) is 3.86. The van der Waals surface area contributed by atoms with E-state index < -0.39 is 0 Å². The summed E-state index contributed by atoms with van der Waals surface area (Å²) in [6, 6.07) is 10.7. The third-order valence-corrected chi connectivity index (χ3v) is 5.51. The molecular formula is C19H24N6S. The Morgan fingerprint density at radius 2 is 1.88 bits per heavy atom. The van der Waals surface area contributed by atoms with Crippen LogP contribution in [-0.4, -0.2) is 44.1 Å². The predicted molar refractivity (Wildman–Crippen MR) is 109 cm³/mol. The van der Waals surface area contributed by atoms with Crippen LogP contribution in [0, 0.1) is 0 Å². The van der Waals surface area contributed by atoms with Crippen LogP contribution < -0.4 is 10.2 Å². The van der Waals surface area contributed by atoms with Crippen molar-refractivity contribution >= 4 is 34.7 Å². The average Bonchev–Trinajstić information content (AvgIpc) is 3.12. The van der Waals surface area contributed by atoms with Crippen molar-refractivity contribution in [2.24, 2.45) is 0 Å². The van der Waals surface area contributed by atoms with Gasteiger partial charge in [0.05, 0.1) is 6.33 Å². The summed E-state index contributed by atoms with van der Waals surface area (Å²) in [7, 11) is 0. The van der Waals surface area contributed by atoms with Gasteiger partial charge in [-0.25, -0.2) is 4.98 Å². The Balaban J connectivity index is 1.71. The van der Waals surface area contributed by atoms with Gasteiger partial charge in [0, 0.05) is 37.2 Å². The zero-order chi connectivity index (χ0) is 17.9. The molecule has 1 N–H and O–H groups in total. The molecule has 0 atom stereocenters. The van der Waals surface area contributed by atoms with E-state index in [1.165, 1.54) is 5.56 Å². The first-order valence-electron chi connectivity index (χ1n) is 9.07. The second-order valence-corrected chi connectivity index (χ2v) is 7.95. The molecule has 4 rings (SSSR count). The molecule has 1 aliphatic rings. The van der Waals surface area contributed by atoms with Gasteiger partial charge in [-0.3, -0.25) is 0 Å². The molecule has 1 saturated heterocycles. The van der Waals surface area contributed by atoms with Crippen LogP contribution in [0.3, 0.4) is 0 Å². The first-order chi connectivity index (χ1) is 12.7. The zero-order valence-corrected chi connectivity index (χ0v) is 16.0. The molecule has 6 nitrogen and oxygen atoms in total. The van der Waals surface area contributed by atoms with Gasteiger partial charge in [0.25, 0.3) is 0 Å². The summed E-state index contributed by atoms with van der Waals surface area (Å²) < 4.78 is 2.12. The topological polar surface area (TPSA) is 58.9 Å². The number of hydrogen-bond acceptors (Lipinski definition) is 6. The van der Waals surface area contributed by atoms with E-state index >= 15 is 0 Å². The lowest BCUT2D eigenvalue weighted by atomic mass is 10.2. The number of fused-ring (bicyclic) bond motifs is 1. The Bertz CT molecular complexity index is 870. The van der Waals surface area contributed by atoms with Crippen molar-refractivity contribution in [3.05, 3.63) is 42.2 Å². The molecule has 1 aromatic carbocycles. The van der Waals surface area contributed by atoms with Gasteiger partial charge >= 0.3 is 0 Å². The maximum absolute atomic E-state index is 4.86. The van der Waals surface area contributed by atoms with Gasteiger partial charge in [-0.2, -0.15) is 21.7 Å². The minimum atomic E-state index is 0.307. The van der Waals surface area contributed by atoms with Crippen LogP contribution in [0.1, 0.15) is 25.5 Å². The molecule has 1 fully saturated rings. The summed E-state index contributed by atoms with van der Waals surface area (Å²) in [5.41, 5.74) is 2.96. The highest BCUT2D eigenvalue weighted by Gasteiger charge is 2.19. The highest BCUT2D eigenvalue weighted by Crippen LogP contribution is 2.26. The number of nitrogens with one attached hydrogen (secondary N) is 1. The molecule has 0 amide bonds. The molecule has 1 aliphatic heterocycles. The first-order valence-corrected chi connectivity index (χ1v) is 10.2. The molecule has 0 radical (unpaired) electrons. The summed E-state index contributed by atoms with van der Waals surface area (Å²) in [6.07, 6.45) is 1.87. The molecule has 26 heavy (non-hydrogen) atoms. The van der Waals surface area contributed by atoms with Gasteiger partial charge < -0.3 is 14.8 Å². The van der Waals surface area contributed by atoms with Crippen molar-refractivity contribution in [3.8, 4) is 0 Å². The number of aromatic nitrogens is 4. The molecular weight excluding hydrogens is 344 g/mol. The first kappa shape index (κ1) is 17.1. The van der Waals surface area contributed by atoms with Gasteiger partial charge in [-0.15, -0.1) is 0 Å². The highest BCUT2D eigenvalue weighted by molar-refractivity contribution is 7.99. The second-order valence-electron chi connectivity index (χ2n) is 6.73. The standard InChI is InChI=1S/C19H24N6S/c1-14(2)25-13-21-16-17(20-12-15-6-4-3-5-7-15)22-19(23-18(16)25)24-8-10-26-11-9-24/h3-7,13-14H,8-12H2,1-2H3,(H,20,22,23). The number of hydrogen-bond donors (Lipinski definition) is 1. The van der Waals surface area contributed by atoms with Crippen molar-refractivity contribution in [1.82, 2.24) is 19.5 Å². The molecule has 0 bridgehead atoms. The van der Waals surface area contributed by atoms with E-state index in [4.69, 9.17) is 9.97 Å². The quantitative estimate of drug-likeness (QED) is 0.743. The maximum Gasteiger partial charge on any atom is 0.229 e. The number of thioether (sulfide) groups is 1. The van der Waals surface area contributed by atoms with Crippen LogP contribution in [0.4, 0.5) is 11.8 Å². The van der Waals surface area contributed by atoms with Gasteiger partial charge in [0.1, 0.15) is 0 Å². The fourth-order valence-electron chi connectivity index (χ4n) is 3.09. The highest BCUT2D eigenvalue weighted by atomic mass is 32.2. The van der Waals surface area contributed by atoms with Gasteiger partial charge in [0.2, 0.25) is 5.95 Å². The Morgan fingerprint density at radius 3 is 2.62 bits per heavy atom. The molecule has 0 saturated carbocycles. The molecule has 0 aliphatic carbocycles. The monoisotopic (exact) mass is 368 g/mol. The number of nitrogens with zero attached hydrogens (tertiary/aromatic N) is 5. The fourth-order valence-corrected chi connectivity index (χ4v) is 4.00. The second kappa shape index (κ2) is 7.53. The third-order valence-electron chi connectivity index (χ3n) is 4.56. The predicted octanol–water partition coefficient (Wildman–Crippen LogP) is 3.57. The smallest absolute Gasteiger partial charge is 0.229 e. The zero-order valence-electron chi connectivity index (χ0n) is 15.2. The third kappa shape index (κ3) is 3.49. The van der Waals surface area contributed by atoms with Crippen molar-refractivity contribution in [1.29, 1.82) is 0 Å². The van der Waals surface area contributed by atoms with E-state index in [1.807, 2.05) is 24.2 Å². The molecule has 0 unspecified atom stereocenters. The number of rotatable bonds is 5. The summed E-state index contributed by atoms with van der Waals surface area (Å²) in [6.45, 7) is 7.00. The van der Waals surface area contributed by atoms with E-state index in [2.05, 4.69) is 57.9 Å². The molecule has 3 aromatic rings. The van der Waals surface area contributed by atoms with Crippen LogP contribution >= 0.6 is 11.8 Å². The van der Waals surface area contributed by atoms with E-state index in [9.17, 15) is 0 Å². The lowest BCUT2D eigenvalue weighted by molar-refractivity contribution is 0.612. The van der Waals surface area contributed by atoms with Crippen LogP contribution in [0.2, 0.25) is 0 Å². The van der Waals surface area contributed by atoms with Crippen molar-refractivity contribution < 1.29 is 0 Å². The lowest BCUT2D eigenvalue weighted by Gasteiger charge is -2.26. The Hall–Kier alpha value is -2.28. The normalized spacial score (nSPS) is 15.0. The van der Waals surface area contributed by atoms with Crippen LogP contribution in [0.25, 0.3) is 11.2 Å². The summed E-state index contributed by atoms with van der Waals surface area (Å²) in [5, 5.41) is 3.48. The Morgan fingerprint density at radius 1 is 1.12 bits per heavy atom. The molecule has 3 heterocycles. The Labute approximate surface area is 158 Å². The number of benzene rings is 1. The average molecular weight is 369 g/mol. The summed E-state index contributed by atoms with van der Waals surface area (Å²) >= 11 is 1.99. The minimum Gasteiger partial charge on any atom is -0.364 e. The van der Waals surface area contributed by atoms with Gasteiger partial charge in [-0.1, -0.05) is 30.3 Å². The van der Waals surface area contributed by atoms with Crippen LogP contribution in [0.5, 0.6) is 0 Å². The molecule has 2 aromatic heterocycles. The van der Waals surface area contributed by atoms with Crippen LogP contribution in [0.15, 0.2) is 36.7 Å². The number of imidazole rings is 1. The van der Waals surface area contributed by atoms with E-state index in [1.54, 1.807) is 0 Å². The largest absolute Gasteiger partial charge is 0.364 e. The summed E-state index contributed by atoms with van der Waals surface area (Å²) in [4.78, 5) is 16.6. The van der Waals surface area contributed by atoms with E-state index in [0.717, 1.165) is 54.1 Å². The van der Waals surface area contributed by atoms with Crippen molar-refractivity contribution in [3.63, 3.8) is 0 Å². The lowest BCUT2D eigenvalue weighted by Crippen LogP contribution is -2.34. The number of anilines is 2.